The molecule has 1 aliphatic heterocycles. The van der Waals surface area contributed by atoms with E-state index in [9.17, 15) is 0 Å². The minimum Gasteiger partial charge on any atom is -0.454 e. The van der Waals surface area contributed by atoms with Gasteiger partial charge in [-0.25, -0.2) is 0 Å². The zero-order valence-corrected chi connectivity index (χ0v) is 12.4. The van der Waals surface area contributed by atoms with E-state index >= 15 is 0 Å². The Hall–Kier alpha value is -1.22. The van der Waals surface area contributed by atoms with Gasteiger partial charge in [0.2, 0.25) is 6.79 Å². The molecule has 1 heterocycles. The van der Waals surface area contributed by atoms with Crippen LogP contribution in [0.3, 0.4) is 0 Å². The number of fused-ring (bicyclic) bond motifs is 1. The third kappa shape index (κ3) is 1.76. The van der Waals surface area contributed by atoms with E-state index in [0.717, 1.165) is 29.3 Å². The zero-order valence-electron chi connectivity index (χ0n) is 12.4. The molecule has 1 atom stereocenters. The third-order valence-electron chi connectivity index (χ3n) is 6.50. The van der Waals surface area contributed by atoms with Crippen LogP contribution in [-0.2, 0) is 0 Å². The first kappa shape index (κ1) is 12.3. The molecular weight excluding hydrogens is 262 g/mol. The predicted octanol–water partition coefficient (Wildman–Crippen LogP) is 3.63. The highest BCUT2D eigenvalue weighted by molar-refractivity contribution is 5.45. The molecule has 4 aliphatic carbocycles. The first-order valence-electron chi connectivity index (χ1n) is 8.37. The van der Waals surface area contributed by atoms with Gasteiger partial charge in [0.15, 0.2) is 11.5 Å². The minimum atomic E-state index is 0.153. The van der Waals surface area contributed by atoms with Gasteiger partial charge < -0.3 is 15.2 Å². The summed E-state index contributed by atoms with van der Waals surface area (Å²) in [6, 6.07) is 6.45. The summed E-state index contributed by atoms with van der Waals surface area (Å²) in [5, 5.41) is 0. The molecule has 112 valence electrons. The van der Waals surface area contributed by atoms with E-state index in [-0.39, 0.29) is 6.04 Å². The lowest BCUT2D eigenvalue weighted by Gasteiger charge is -2.59. The van der Waals surface area contributed by atoms with Gasteiger partial charge in [0.05, 0.1) is 0 Å². The van der Waals surface area contributed by atoms with Crippen molar-refractivity contribution >= 4 is 0 Å². The first-order valence-corrected chi connectivity index (χ1v) is 8.37. The molecule has 5 aliphatic rings. The molecule has 0 amide bonds. The lowest BCUT2D eigenvalue weighted by atomic mass is 9.47. The van der Waals surface area contributed by atoms with E-state index in [2.05, 4.69) is 12.1 Å². The number of hydrogen-bond donors (Lipinski definition) is 1. The van der Waals surface area contributed by atoms with E-state index in [0.29, 0.717) is 12.2 Å². The Morgan fingerprint density at radius 1 is 0.952 bits per heavy atom. The number of benzene rings is 1. The third-order valence-corrected chi connectivity index (χ3v) is 6.50. The maximum atomic E-state index is 6.79. The van der Waals surface area contributed by atoms with Crippen LogP contribution in [0, 0.1) is 23.2 Å². The van der Waals surface area contributed by atoms with Gasteiger partial charge in [-0.2, -0.15) is 0 Å². The summed E-state index contributed by atoms with van der Waals surface area (Å²) in [5.74, 6) is 4.55. The molecule has 4 fully saturated rings. The van der Waals surface area contributed by atoms with Crippen molar-refractivity contribution in [2.24, 2.45) is 28.9 Å². The molecule has 0 spiro atoms. The monoisotopic (exact) mass is 285 g/mol. The van der Waals surface area contributed by atoms with Gasteiger partial charge in [-0.3, -0.25) is 0 Å². The first-order chi connectivity index (χ1) is 10.2. The molecule has 1 aromatic rings. The second kappa shape index (κ2) is 4.16. The lowest BCUT2D eigenvalue weighted by molar-refractivity contribution is -0.0677. The van der Waals surface area contributed by atoms with Gasteiger partial charge in [-0.1, -0.05) is 6.07 Å². The Morgan fingerprint density at radius 2 is 1.57 bits per heavy atom. The fourth-order valence-corrected chi connectivity index (χ4v) is 6.02. The summed E-state index contributed by atoms with van der Waals surface area (Å²) < 4.78 is 10.9. The largest absolute Gasteiger partial charge is 0.454 e. The van der Waals surface area contributed by atoms with Gasteiger partial charge >= 0.3 is 0 Å². The van der Waals surface area contributed by atoms with Gasteiger partial charge in [0, 0.05) is 6.04 Å². The van der Waals surface area contributed by atoms with Crippen molar-refractivity contribution in [1.82, 2.24) is 0 Å². The molecule has 4 saturated carbocycles. The summed E-state index contributed by atoms with van der Waals surface area (Å²) in [6.07, 6.45) is 8.42. The number of nitrogens with two attached hydrogens (primary N) is 1. The number of rotatable bonds is 2. The molecule has 0 radical (unpaired) electrons. The zero-order chi connectivity index (χ0) is 14.0. The number of hydrogen-bond acceptors (Lipinski definition) is 3. The second-order valence-corrected chi connectivity index (χ2v) is 7.87. The Bertz CT molecular complexity index is 547. The summed E-state index contributed by atoms with van der Waals surface area (Å²) in [6.45, 7) is 0.339. The Balaban J connectivity index is 1.49. The summed E-state index contributed by atoms with van der Waals surface area (Å²) in [5.41, 5.74) is 8.38. The second-order valence-electron chi connectivity index (χ2n) is 7.87. The molecule has 0 saturated heterocycles. The van der Waals surface area contributed by atoms with Crippen LogP contribution in [-0.4, -0.2) is 6.79 Å². The van der Waals surface area contributed by atoms with Crippen LogP contribution in [0.5, 0.6) is 11.5 Å². The van der Waals surface area contributed by atoms with Crippen LogP contribution in [0.4, 0.5) is 0 Å². The smallest absolute Gasteiger partial charge is 0.231 e. The molecule has 2 N–H and O–H groups in total. The summed E-state index contributed by atoms with van der Waals surface area (Å²) in [7, 11) is 0. The Kier molecular flexibility index (Phi) is 2.44. The number of ether oxygens (including phenoxy) is 2. The van der Waals surface area contributed by atoms with Crippen LogP contribution >= 0.6 is 0 Å². The van der Waals surface area contributed by atoms with Crippen molar-refractivity contribution in [2.45, 2.75) is 44.6 Å². The van der Waals surface area contributed by atoms with Crippen molar-refractivity contribution in [3.05, 3.63) is 23.8 Å². The quantitative estimate of drug-likeness (QED) is 0.902. The topological polar surface area (TPSA) is 44.5 Å². The van der Waals surface area contributed by atoms with Gasteiger partial charge in [-0.15, -0.1) is 0 Å². The SMILES string of the molecule is NC(c1ccc2c(c1)OCO2)C12CC3CC(CC(C3)C1)C2. The fourth-order valence-electron chi connectivity index (χ4n) is 6.02. The van der Waals surface area contributed by atoms with Crippen molar-refractivity contribution in [1.29, 1.82) is 0 Å². The van der Waals surface area contributed by atoms with Crippen LogP contribution in [0.1, 0.15) is 50.1 Å². The molecule has 6 rings (SSSR count). The molecule has 21 heavy (non-hydrogen) atoms. The van der Waals surface area contributed by atoms with Crippen molar-refractivity contribution in [3.8, 4) is 11.5 Å². The van der Waals surface area contributed by atoms with Crippen LogP contribution < -0.4 is 15.2 Å². The van der Waals surface area contributed by atoms with Crippen LogP contribution in [0.2, 0.25) is 0 Å². The average molecular weight is 285 g/mol. The average Bonchev–Trinajstić information content (AvgIpc) is 2.92. The van der Waals surface area contributed by atoms with Crippen LogP contribution in [0.25, 0.3) is 0 Å². The summed E-state index contributed by atoms with van der Waals surface area (Å²) in [4.78, 5) is 0. The fraction of sp³-hybridized carbons (Fsp3) is 0.667. The molecule has 3 heteroatoms. The Morgan fingerprint density at radius 3 is 2.24 bits per heavy atom. The van der Waals surface area contributed by atoms with Crippen molar-refractivity contribution in [3.63, 3.8) is 0 Å². The van der Waals surface area contributed by atoms with Crippen molar-refractivity contribution in [2.75, 3.05) is 6.79 Å². The highest BCUT2D eigenvalue weighted by atomic mass is 16.7. The minimum absolute atomic E-state index is 0.153. The van der Waals surface area contributed by atoms with E-state index in [4.69, 9.17) is 15.2 Å². The molecule has 3 nitrogen and oxygen atoms in total. The maximum absolute atomic E-state index is 6.79. The molecule has 1 aromatic carbocycles. The Labute approximate surface area is 125 Å². The molecule has 4 bridgehead atoms. The molecule has 1 unspecified atom stereocenters. The van der Waals surface area contributed by atoms with Crippen LogP contribution in [0.15, 0.2) is 18.2 Å². The van der Waals surface area contributed by atoms with E-state index in [1.165, 1.54) is 44.1 Å². The van der Waals surface area contributed by atoms with E-state index < -0.39 is 0 Å². The lowest BCUT2D eigenvalue weighted by Crippen LogP contribution is -2.50. The maximum Gasteiger partial charge on any atom is 0.231 e. The summed E-state index contributed by atoms with van der Waals surface area (Å²) >= 11 is 0. The highest BCUT2D eigenvalue weighted by Gasteiger charge is 2.53. The molecule has 0 aromatic heterocycles. The highest BCUT2D eigenvalue weighted by Crippen LogP contribution is 2.63. The van der Waals surface area contributed by atoms with E-state index in [1.54, 1.807) is 0 Å². The van der Waals surface area contributed by atoms with Gasteiger partial charge in [0.1, 0.15) is 0 Å². The van der Waals surface area contributed by atoms with Gasteiger partial charge in [0.25, 0.3) is 0 Å². The van der Waals surface area contributed by atoms with E-state index in [1.807, 2.05) is 6.07 Å². The van der Waals surface area contributed by atoms with Gasteiger partial charge in [-0.05, 0) is 79.4 Å². The molecular formula is C18H23NO2. The van der Waals surface area contributed by atoms with Crippen molar-refractivity contribution < 1.29 is 9.47 Å². The standard InChI is InChI=1S/C18H23NO2/c19-17(14-1-2-15-16(6-14)21-10-20-15)18-7-11-3-12(8-18)5-13(4-11)9-18/h1-2,6,11-13,17H,3-5,7-10,19H2. The normalized spacial score (nSPS) is 40.5. The predicted molar refractivity (Wildman–Crippen MR) is 80.1 cm³/mol.